The maximum Gasteiger partial charge on any atom is 0.301 e. The van der Waals surface area contributed by atoms with Crippen molar-refractivity contribution in [3.05, 3.63) is 66.0 Å². The molecule has 2 aromatic heterocycles. The zero-order valence-electron chi connectivity index (χ0n) is 21.8. The average Bonchev–Trinajstić information content (AvgIpc) is 3.48. The molecule has 0 unspecified atom stereocenters. The fourth-order valence-corrected chi connectivity index (χ4v) is 5.30. The number of carbonyl (C=O) groups is 1. The second-order valence-electron chi connectivity index (χ2n) is 9.31. The number of nitrogens with one attached hydrogen (secondary N) is 3. The molecule has 16 heteroatoms. The smallest absolute Gasteiger partial charge is 0.301 e. The molecule has 9 N–H and O–H groups in total. The Hall–Kier alpha value is -4.35. The molecule has 0 saturated carbocycles. The summed E-state index contributed by atoms with van der Waals surface area (Å²) >= 11 is 0. The van der Waals surface area contributed by atoms with Gasteiger partial charge < -0.3 is 31.7 Å². The number of fused-ring (bicyclic) bond motifs is 1. The molecule has 15 nitrogen and oxygen atoms in total. The molecule has 216 valence electrons. The van der Waals surface area contributed by atoms with Crippen LogP contribution in [0.25, 0.3) is 11.2 Å². The van der Waals surface area contributed by atoms with Crippen LogP contribution in [0.5, 0.6) is 0 Å². The second-order valence-corrected chi connectivity index (χ2v) is 10.8. The number of benzene rings is 2. The lowest BCUT2D eigenvalue weighted by atomic mass is 10.1. The Labute approximate surface area is 234 Å². The van der Waals surface area contributed by atoms with Crippen LogP contribution in [0.15, 0.2) is 54.9 Å². The summed E-state index contributed by atoms with van der Waals surface area (Å²) in [5.41, 5.74) is 14.2. The summed E-state index contributed by atoms with van der Waals surface area (Å²) in [5, 5.41) is 24.6. The maximum atomic E-state index is 12.5. The van der Waals surface area contributed by atoms with Crippen molar-refractivity contribution in [2.24, 2.45) is 0 Å². The minimum absolute atomic E-state index is 0.0224. The highest BCUT2D eigenvalue weighted by Crippen LogP contribution is 2.33. The number of aliphatic hydroxyl groups excluding tert-OH is 2. The van der Waals surface area contributed by atoms with Gasteiger partial charge in [-0.3, -0.25) is 9.36 Å². The highest BCUT2D eigenvalue weighted by atomic mass is 32.2. The van der Waals surface area contributed by atoms with Gasteiger partial charge in [0.05, 0.1) is 11.9 Å². The highest BCUT2D eigenvalue weighted by molar-refractivity contribution is 7.88. The molecule has 1 amide bonds. The lowest BCUT2D eigenvalue weighted by molar-refractivity contribution is -0.0330. The lowest BCUT2D eigenvalue weighted by Crippen LogP contribution is -2.45. The van der Waals surface area contributed by atoms with Gasteiger partial charge in [0.15, 0.2) is 17.7 Å². The Bertz CT molecular complexity index is 1700. The summed E-state index contributed by atoms with van der Waals surface area (Å²) in [6, 6.07) is 13.6. The molecule has 4 atom stereocenters. The number of nitrogens with two attached hydrogens (primary N) is 2. The number of hydrogen-bond acceptors (Lipinski definition) is 12. The van der Waals surface area contributed by atoms with E-state index in [-0.39, 0.29) is 34.2 Å². The zero-order valence-corrected chi connectivity index (χ0v) is 22.6. The summed E-state index contributed by atoms with van der Waals surface area (Å²) in [7, 11) is -4.37. The number of aromatic nitrogens is 4. The highest BCUT2D eigenvalue weighted by Gasteiger charge is 2.44. The van der Waals surface area contributed by atoms with E-state index in [4.69, 9.17) is 16.2 Å². The number of aliphatic hydroxyl groups is 2. The molecule has 0 bridgehead atoms. The fourth-order valence-electron chi connectivity index (χ4n) is 4.49. The standard InChI is InChI=1S/C25H29N9O6S/c1-2-13-7-3-6-10-16(13)30-25-31-21(27)18-22(32-25)34(12-28-18)24-20(36)19(35)17(40-24)11-29-41(38,39)33-23(37)14-8-4-5-9-15(14)26/h3-10,12,17,19-20,24,29,35-36H,2,11,26H2,1H3,(H,33,37)(H3,27,30,31,32)/t17-,19-,20-,24-/m1/s1. The van der Waals surface area contributed by atoms with Crippen molar-refractivity contribution in [3.8, 4) is 0 Å². The van der Waals surface area contributed by atoms with Crippen LogP contribution in [-0.4, -0.2) is 68.9 Å². The summed E-state index contributed by atoms with van der Waals surface area (Å²) in [6.45, 7) is 1.55. The van der Waals surface area contributed by atoms with Gasteiger partial charge in [-0.15, -0.1) is 0 Å². The van der Waals surface area contributed by atoms with Crippen molar-refractivity contribution in [1.29, 1.82) is 0 Å². The summed E-state index contributed by atoms with van der Waals surface area (Å²) in [6.07, 6.45) is -3.24. The van der Waals surface area contributed by atoms with Crippen LogP contribution in [0, 0.1) is 0 Å². The van der Waals surface area contributed by atoms with Gasteiger partial charge in [0.25, 0.3) is 5.91 Å². The predicted molar refractivity (Wildman–Crippen MR) is 150 cm³/mol. The Balaban J connectivity index is 1.32. The Morgan fingerprint density at radius 2 is 1.80 bits per heavy atom. The van der Waals surface area contributed by atoms with Crippen molar-refractivity contribution in [1.82, 2.24) is 29.0 Å². The number of rotatable bonds is 9. The average molecular weight is 584 g/mol. The molecular formula is C25H29N9O6S. The van der Waals surface area contributed by atoms with Gasteiger partial charge >= 0.3 is 10.2 Å². The van der Waals surface area contributed by atoms with E-state index in [1.54, 1.807) is 6.07 Å². The van der Waals surface area contributed by atoms with E-state index in [0.29, 0.717) is 0 Å². The number of ether oxygens (including phenoxy) is 1. The summed E-state index contributed by atoms with van der Waals surface area (Å²) in [4.78, 5) is 25.4. The number of imidazole rings is 1. The van der Waals surface area contributed by atoms with E-state index >= 15 is 0 Å². The van der Waals surface area contributed by atoms with Crippen molar-refractivity contribution in [2.75, 3.05) is 23.3 Å². The SMILES string of the molecule is CCc1ccccc1Nc1nc(N)c2ncn([C@@H]3O[C@H](CNS(=O)(=O)NC(=O)c4ccccc4N)[C@@H](O)[C@H]3O)c2n1. The molecular weight excluding hydrogens is 554 g/mol. The topological polar surface area (TPSA) is 233 Å². The number of nitrogen functional groups attached to an aromatic ring is 2. The molecule has 1 aliphatic rings. The zero-order chi connectivity index (χ0) is 29.3. The lowest BCUT2D eigenvalue weighted by Gasteiger charge is -2.17. The summed E-state index contributed by atoms with van der Waals surface area (Å²) in [5.74, 6) is -0.670. The Morgan fingerprint density at radius 3 is 2.56 bits per heavy atom. The second kappa shape index (κ2) is 11.3. The van der Waals surface area contributed by atoms with Gasteiger partial charge in [-0.1, -0.05) is 37.3 Å². The number of anilines is 4. The van der Waals surface area contributed by atoms with E-state index < -0.39 is 47.2 Å². The first-order valence-electron chi connectivity index (χ1n) is 12.6. The number of amides is 1. The largest absolute Gasteiger partial charge is 0.398 e. The van der Waals surface area contributed by atoms with Crippen LogP contribution in [-0.2, 0) is 21.4 Å². The molecule has 5 rings (SSSR count). The van der Waals surface area contributed by atoms with E-state index in [2.05, 4.69) is 25.0 Å². The number of para-hydroxylation sites is 2. The number of hydrogen-bond donors (Lipinski definition) is 7. The quantitative estimate of drug-likeness (QED) is 0.131. The van der Waals surface area contributed by atoms with Crippen molar-refractivity contribution >= 4 is 50.4 Å². The molecule has 1 saturated heterocycles. The number of aryl methyl sites for hydroxylation is 1. The number of carbonyl (C=O) groups excluding carboxylic acids is 1. The minimum atomic E-state index is -4.37. The van der Waals surface area contributed by atoms with Crippen LogP contribution in [0.4, 0.5) is 23.1 Å². The van der Waals surface area contributed by atoms with Crippen LogP contribution >= 0.6 is 0 Å². The first-order valence-corrected chi connectivity index (χ1v) is 14.1. The monoisotopic (exact) mass is 583 g/mol. The first-order chi connectivity index (χ1) is 19.6. The van der Waals surface area contributed by atoms with Gasteiger partial charge in [-0.25, -0.2) is 9.71 Å². The molecule has 2 aromatic carbocycles. The molecule has 41 heavy (non-hydrogen) atoms. The number of nitrogens with zero attached hydrogens (tertiary/aromatic N) is 4. The third kappa shape index (κ3) is 5.77. The van der Waals surface area contributed by atoms with E-state index in [1.165, 1.54) is 29.1 Å². The molecule has 0 spiro atoms. The normalized spacial score (nSPS) is 20.8. The van der Waals surface area contributed by atoms with Crippen molar-refractivity contribution in [2.45, 2.75) is 37.9 Å². The van der Waals surface area contributed by atoms with Crippen LogP contribution in [0.2, 0.25) is 0 Å². The minimum Gasteiger partial charge on any atom is -0.398 e. The van der Waals surface area contributed by atoms with Crippen molar-refractivity contribution in [3.63, 3.8) is 0 Å². The van der Waals surface area contributed by atoms with Gasteiger partial charge in [0.1, 0.15) is 23.8 Å². The van der Waals surface area contributed by atoms with Gasteiger partial charge in [0.2, 0.25) is 5.95 Å². The van der Waals surface area contributed by atoms with Gasteiger partial charge in [-0.2, -0.15) is 23.1 Å². The van der Waals surface area contributed by atoms with E-state index in [1.807, 2.05) is 35.9 Å². The van der Waals surface area contributed by atoms with Gasteiger partial charge in [0, 0.05) is 17.9 Å². The van der Waals surface area contributed by atoms with Crippen LogP contribution < -0.4 is 26.2 Å². The molecule has 3 heterocycles. The molecule has 1 fully saturated rings. The first kappa shape index (κ1) is 28.2. The molecule has 1 aliphatic heterocycles. The third-order valence-corrected chi connectivity index (χ3v) is 7.61. The Morgan fingerprint density at radius 1 is 1.07 bits per heavy atom. The summed E-state index contributed by atoms with van der Waals surface area (Å²) < 4.78 is 36.2. The maximum absolute atomic E-state index is 12.5. The van der Waals surface area contributed by atoms with Crippen molar-refractivity contribution < 1.29 is 28.2 Å². The van der Waals surface area contributed by atoms with Crippen LogP contribution in [0.1, 0.15) is 29.1 Å². The predicted octanol–water partition coefficient (Wildman–Crippen LogP) is 0.180. The molecule has 0 radical (unpaired) electrons. The van der Waals surface area contributed by atoms with E-state index in [0.717, 1.165) is 17.7 Å². The van der Waals surface area contributed by atoms with Gasteiger partial charge in [-0.05, 0) is 30.2 Å². The Kier molecular flexibility index (Phi) is 7.74. The van der Waals surface area contributed by atoms with Crippen LogP contribution in [0.3, 0.4) is 0 Å². The molecule has 0 aliphatic carbocycles. The third-order valence-electron chi connectivity index (χ3n) is 6.61. The molecule has 4 aromatic rings. The van der Waals surface area contributed by atoms with E-state index in [9.17, 15) is 23.4 Å². The fraction of sp³-hybridized carbons (Fsp3) is 0.280.